The molecule has 1 saturated heterocycles. The molecular weight excluding hydrogens is 314 g/mol. The third-order valence-electron chi connectivity index (χ3n) is 5.39. The van der Waals surface area contributed by atoms with Crippen molar-refractivity contribution in [3.63, 3.8) is 0 Å². The number of carbonyl (C=O) groups excluding carboxylic acids is 2. The largest absolute Gasteiger partial charge is 0.355 e. The Hall–Kier alpha value is -2.30. The Balaban J connectivity index is 1.53. The van der Waals surface area contributed by atoms with Crippen molar-refractivity contribution >= 4 is 11.9 Å². The van der Waals surface area contributed by atoms with E-state index in [2.05, 4.69) is 22.8 Å². The first-order chi connectivity index (χ1) is 12.1. The van der Waals surface area contributed by atoms with Gasteiger partial charge in [-0.15, -0.1) is 0 Å². The van der Waals surface area contributed by atoms with Crippen LogP contribution in [0.4, 0.5) is 4.79 Å². The van der Waals surface area contributed by atoms with Crippen molar-refractivity contribution in [2.75, 3.05) is 20.1 Å². The van der Waals surface area contributed by atoms with Crippen molar-refractivity contribution in [1.29, 1.82) is 0 Å². The zero-order valence-corrected chi connectivity index (χ0v) is 14.9. The number of allylic oxidation sites excluding steroid dienone is 2. The summed E-state index contributed by atoms with van der Waals surface area (Å²) in [6, 6.07) is 7.35. The summed E-state index contributed by atoms with van der Waals surface area (Å²) in [5.74, 6) is -0.101. The van der Waals surface area contributed by atoms with Crippen molar-refractivity contribution in [2.24, 2.45) is 5.41 Å². The summed E-state index contributed by atoms with van der Waals surface area (Å²) >= 11 is 0. The second-order valence-corrected chi connectivity index (χ2v) is 7.17. The van der Waals surface area contributed by atoms with Gasteiger partial charge in [-0.2, -0.15) is 0 Å². The number of hydrogen-bond acceptors (Lipinski definition) is 2. The van der Waals surface area contributed by atoms with Crippen LogP contribution in [-0.4, -0.2) is 37.0 Å². The molecule has 0 aromatic heterocycles. The molecule has 1 aliphatic heterocycles. The lowest BCUT2D eigenvalue weighted by Gasteiger charge is -2.43. The normalized spacial score (nSPS) is 22.7. The lowest BCUT2D eigenvalue weighted by molar-refractivity contribution is 0.0957. The molecule has 25 heavy (non-hydrogen) atoms. The van der Waals surface area contributed by atoms with Gasteiger partial charge < -0.3 is 15.5 Å². The first kappa shape index (κ1) is 17.5. The lowest BCUT2D eigenvalue weighted by Crippen LogP contribution is -2.49. The summed E-state index contributed by atoms with van der Waals surface area (Å²) in [7, 11) is 1.62. The molecule has 0 radical (unpaired) electrons. The highest BCUT2D eigenvalue weighted by Gasteiger charge is 2.36. The molecule has 5 heteroatoms. The fourth-order valence-electron chi connectivity index (χ4n) is 3.90. The molecule has 1 aromatic rings. The molecule has 1 heterocycles. The molecule has 1 aliphatic carbocycles. The molecule has 1 spiro atoms. The number of amides is 3. The third kappa shape index (κ3) is 4.21. The van der Waals surface area contributed by atoms with E-state index in [0.717, 1.165) is 37.9 Å². The Labute approximate surface area is 149 Å². The van der Waals surface area contributed by atoms with Crippen LogP contribution in [0, 0.1) is 5.41 Å². The van der Waals surface area contributed by atoms with Gasteiger partial charge in [-0.1, -0.05) is 24.3 Å². The Morgan fingerprint density at radius 1 is 1.16 bits per heavy atom. The van der Waals surface area contributed by atoms with E-state index in [9.17, 15) is 9.59 Å². The van der Waals surface area contributed by atoms with E-state index in [1.54, 1.807) is 19.2 Å². The number of rotatable bonds is 3. The van der Waals surface area contributed by atoms with Crippen LogP contribution in [-0.2, 0) is 6.54 Å². The maximum Gasteiger partial charge on any atom is 0.317 e. The molecular formula is C20H27N3O2. The second kappa shape index (κ2) is 7.72. The van der Waals surface area contributed by atoms with E-state index in [1.807, 2.05) is 17.0 Å². The summed E-state index contributed by atoms with van der Waals surface area (Å²) in [5.41, 5.74) is 1.91. The number of benzene rings is 1. The van der Waals surface area contributed by atoms with Crippen LogP contribution in [0.2, 0.25) is 0 Å². The van der Waals surface area contributed by atoms with Gasteiger partial charge in [0.05, 0.1) is 0 Å². The highest BCUT2D eigenvalue weighted by Crippen LogP contribution is 2.40. The van der Waals surface area contributed by atoms with Crippen LogP contribution in [0.25, 0.3) is 0 Å². The number of hydrogen-bond donors (Lipinski definition) is 2. The summed E-state index contributed by atoms with van der Waals surface area (Å²) in [5, 5.41) is 5.62. The van der Waals surface area contributed by atoms with Crippen molar-refractivity contribution in [3.05, 3.63) is 47.5 Å². The molecule has 3 rings (SSSR count). The Bertz CT molecular complexity index is 653. The highest BCUT2D eigenvalue weighted by atomic mass is 16.2. The molecule has 2 aliphatic rings. The Kier molecular flexibility index (Phi) is 5.41. The minimum absolute atomic E-state index is 0.0176. The first-order valence-electron chi connectivity index (χ1n) is 9.11. The second-order valence-electron chi connectivity index (χ2n) is 7.17. The smallest absolute Gasteiger partial charge is 0.317 e. The quantitative estimate of drug-likeness (QED) is 0.830. The van der Waals surface area contributed by atoms with Crippen LogP contribution in [0.3, 0.4) is 0 Å². The molecule has 5 nitrogen and oxygen atoms in total. The predicted molar refractivity (Wildman–Crippen MR) is 98.3 cm³/mol. The zero-order chi connectivity index (χ0) is 17.7. The first-order valence-corrected chi connectivity index (χ1v) is 9.11. The third-order valence-corrected chi connectivity index (χ3v) is 5.39. The van der Waals surface area contributed by atoms with Gasteiger partial charge in [0.2, 0.25) is 0 Å². The van der Waals surface area contributed by atoms with Gasteiger partial charge in [0.1, 0.15) is 0 Å². The maximum atomic E-state index is 12.6. The summed E-state index contributed by atoms with van der Waals surface area (Å²) in [6.07, 6.45) is 10.3. The number of piperidine rings is 1. The van der Waals surface area contributed by atoms with Gasteiger partial charge >= 0.3 is 6.03 Å². The molecule has 1 aromatic carbocycles. The number of urea groups is 1. The Morgan fingerprint density at radius 2 is 1.96 bits per heavy atom. The number of likely N-dealkylation sites (tertiary alicyclic amines) is 1. The molecule has 0 saturated carbocycles. The van der Waals surface area contributed by atoms with Gasteiger partial charge in [0.25, 0.3) is 5.91 Å². The maximum absolute atomic E-state index is 12.6. The molecule has 0 bridgehead atoms. The average Bonchev–Trinajstić information content (AvgIpc) is 2.66. The molecule has 134 valence electrons. The molecule has 1 unspecified atom stereocenters. The molecule has 3 amide bonds. The zero-order valence-electron chi connectivity index (χ0n) is 14.9. The minimum Gasteiger partial charge on any atom is -0.355 e. The van der Waals surface area contributed by atoms with E-state index in [-0.39, 0.29) is 11.9 Å². The van der Waals surface area contributed by atoms with Gasteiger partial charge in [-0.25, -0.2) is 4.79 Å². The summed E-state index contributed by atoms with van der Waals surface area (Å²) in [6.45, 7) is 2.18. The van der Waals surface area contributed by atoms with E-state index >= 15 is 0 Å². The van der Waals surface area contributed by atoms with Gasteiger partial charge in [-0.3, -0.25) is 4.79 Å². The SMILES string of the molecule is CNC(=O)c1ccc(CNC(=O)N2CCCC3(CC=CCC3)C2)cc1. The van der Waals surface area contributed by atoms with Crippen molar-refractivity contribution < 1.29 is 9.59 Å². The topological polar surface area (TPSA) is 61.4 Å². The van der Waals surface area contributed by atoms with Crippen molar-refractivity contribution in [2.45, 2.75) is 38.6 Å². The van der Waals surface area contributed by atoms with E-state index in [4.69, 9.17) is 0 Å². The monoisotopic (exact) mass is 341 g/mol. The number of carbonyl (C=O) groups is 2. The standard InChI is InChI=1S/C20H27N3O2/c1-21-18(24)17-8-6-16(7-9-17)14-22-19(25)23-13-5-12-20(15-23)10-3-2-4-11-20/h2-3,6-9H,4-5,10-15H2,1H3,(H,21,24)(H,22,25). The van der Waals surface area contributed by atoms with Gasteiger partial charge in [0, 0.05) is 32.2 Å². The summed E-state index contributed by atoms with van der Waals surface area (Å²) < 4.78 is 0. The lowest BCUT2D eigenvalue weighted by atomic mass is 9.71. The van der Waals surface area contributed by atoms with Crippen LogP contribution in [0.5, 0.6) is 0 Å². The molecule has 2 N–H and O–H groups in total. The van der Waals surface area contributed by atoms with Crippen molar-refractivity contribution in [1.82, 2.24) is 15.5 Å². The fraction of sp³-hybridized carbons (Fsp3) is 0.500. The molecule has 1 atom stereocenters. The van der Waals surface area contributed by atoms with Crippen LogP contribution in [0.1, 0.15) is 48.0 Å². The van der Waals surface area contributed by atoms with E-state index in [0.29, 0.717) is 17.5 Å². The van der Waals surface area contributed by atoms with E-state index < -0.39 is 0 Å². The van der Waals surface area contributed by atoms with Gasteiger partial charge in [0.15, 0.2) is 0 Å². The Morgan fingerprint density at radius 3 is 2.64 bits per heavy atom. The summed E-state index contributed by atoms with van der Waals surface area (Å²) in [4.78, 5) is 26.1. The number of nitrogens with zero attached hydrogens (tertiary/aromatic N) is 1. The number of nitrogens with one attached hydrogen (secondary N) is 2. The predicted octanol–water partition coefficient (Wildman–Crippen LogP) is 3.08. The van der Waals surface area contributed by atoms with Crippen LogP contribution in [0.15, 0.2) is 36.4 Å². The average molecular weight is 341 g/mol. The molecule has 1 fully saturated rings. The fourth-order valence-corrected chi connectivity index (χ4v) is 3.90. The minimum atomic E-state index is -0.101. The van der Waals surface area contributed by atoms with Crippen molar-refractivity contribution in [3.8, 4) is 0 Å². The highest BCUT2D eigenvalue weighted by molar-refractivity contribution is 5.93. The van der Waals surface area contributed by atoms with E-state index in [1.165, 1.54) is 12.8 Å². The van der Waals surface area contributed by atoms with Crippen LogP contribution >= 0.6 is 0 Å². The van der Waals surface area contributed by atoms with Crippen LogP contribution < -0.4 is 10.6 Å². The van der Waals surface area contributed by atoms with Gasteiger partial charge in [-0.05, 0) is 55.2 Å².